The minimum absolute atomic E-state index is 0.145. The van der Waals surface area contributed by atoms with Gasteiger partial charge in [-0.3, -0.25) is 4.79 Å². The van der Waals surface area contributed by atoms with Gasteiger partial charge in [0.1, 0.15) is 6.33 Å². The summed E-state index contributed by atoms with van der Waals surface area (Å²) in [5.41, 5.74) is 0.772. The summed E-state index contributed by atoms with van der Waals surface area (Å²) < 4.78 is 1.95. The number of nitrogens with one attached hydrogen (secondary N) is 1. The van der Waals surface area contributed by atoms with Crippen molar-refractivity contribution in [3.63, 3.8) is 0 Å². The molecule has 1 aromatic carbocycles. The van der Waals surface area contributed by atoms with Gasteiger partial charge in [-0.1, -0.05) is 31.4 Å². The van der Waals surface area contributed by atoms with Crippen molar-refractivity contribution in [3.05, 3.63) is 30.6 Å². The Morgan fingerprint density at radius 2 is 2.12 bits per heavy atom. The Morgan fingerprint density at radius 1 is 1.33 bits per heavy atom. The first-order valence-corrected chi connectivity index (χ1v) is 8.60. The van der Waals surface area contributed by atoms with Crippen molar-refractivity contribution >= 4 is 11.6 Å². The topological polar surface area (TPSA) is 80.0 Å². The second-order valence-corrected chi connectivity index (χ2v) is 6.53. The molecule has 2 N–H and O–H groups in total. The molecule has 6 heteroatoms. The monoisotopic (exact) mass is 328 g/mol. The maximum atomic E-state index is 12.3. The van der Waals surface area contributed by atoms with E-state index in [9.17, 15) is 9.90 Å². The van der Waals surface area contributed by atoms with Crippen LogP contribution in [-0.2, 0) is 11.3 Å². The van der Waals surface area contributed by atoms with Crippen molar-refractivity contribution in [1.82, 2.24) is 14.8 Å². The predicted molar refractivity (Wildman–Crippen MR) is 92.4 cm³/mol. The molecule has 1 aromatic heterocycles. The third-order valence-electron chi connectivity index (χ3n) is 4.63. The lowest BCUT2D eigenvalue weighted by molar-refractivity contribution is -0.122. The number of hydrogen-bond acceptors (Lipinski definition) is 4. The van der Waals surface area contributed by atoms with Crippen molar-refractivity contribution in [1.29, 1.82) is 0 Å². The van der Waals surface area contributed by atoms with Crippen LogP contribution in [0.15, 0.2) is 30.6 Å². The lowest BCUT2D eigenvalue weighted by Gasteiger charge is -2.31. The van der Waals surface area contributed by atoms with E-state index in [2.05, 4.69) is 15.5 Å². The number of carbonyl (C=O) groups is 1. The number of carbonyl (C=O) groups excluding carboxylic acids is 1. The van der Waals surface area contributed by atoms with Crippen LogP contribution in [0.2, 0.25) is 0 Å². The minimum atomic E-state index is -0.845. The Kier molecular flexibility index (Phi) is 4.94. The van der Waals surface area contributed by atoms with E-state index in [-0.39, 0.29) is 12.3 Å². The molecule has 0 radical (unpaired) electrons. The number of benzene rings is 1. The van der Waals surface area contributed by atoms with Crippen LogP contribution in [0.3, 0.4) is 0 Å². The van der Waals surface area contributed by atoms with Crippen LogP contribution in [0, 0.1) is 0 Å². The second kappa shape index (κ2) is 7.13. The first-order chi connectivity index (χ1) is 11.6. The number of aromatic nitrogens is 3. The molecule has 0 bridgehead atoms. The van der Waals surface area contributed by atoms with Gasteiger partial charge in [-0.25, -0.2) is 0 Å². The van der Waals surface area contributed by atoms with Crippen molar-refractivity contribution in [2.75, 3.05) is 5.32 Å². The number of anilines is 1. The Hall–Kier alpha value is -2.21. The molecule has 1 aliphatic carbocycles. The van der Waals surface area contributed by atoms with Gasteiger partial charge in [-0.05, 0) is 31.9 Å². The summed E-state index contributed by atoms with van der Waals surface area (Å²) in [6, 6.07) is 7.56. The highest BCUT2D eigenvalue weighted by Gasteiger charge is 2.31. The fourth-order valence-corrected chi connectivity index (χ4v) is 3.34. The average molecular weight is 328 g/mol. The highest BCUT2D eigenvalue weighted by Crippen LogP contribution is 2.31. The second-order valence-electron chi connectivity index (χ2n) is 6.53. The molecule has 128 valence electrons. The molecular formula is C18H24N4O2. The molecule has 1 saturated carbocycles. The third-order valence-corrected chi connectivity index (χ3v) is 4.63. The summed E-state index contributed by atoms with van der Waals surface area (Å²) >= 11 is 0. The number of hydrogen-bond donors (Lipinski definition) is 2. The number of aryl methyl sites for hydroxylation is 1. The Labute approximate surface area is 141 Å². The van der Waals surface area contributed by atoms with Gasteiger partial charge >= 0.3 is 0 Å². The van der Waals surface area contributed by atoms with E-state index >= 15 is 0 Å². The maximum Gasteiger partial charge on any atom is 0.227 e. The molecule has 0 unspecified atom stereocenters. The van der Waals surface area contributed by atoms with Crippen LogP contribution in [-0.4, -0.2) is 31.4 Å². The van der Waals surface area contributed by atoms with Gasteiger partial charge in [0.15, 0.2) is 5.82 Å². The van der Waals surface area contributed by atoms with Crippen LogP contribution in [0.1, 0.15) is 45.4 Å². The summed E-state index contributed by atoms with van der Waals surface area (Å²) in [5.74, 6) is 0.632. The normalized spacial score (nSPS) is 16.8. The van der Waals surface area contributed by atoms with Crippen molar-refractivity contribution in [2.24, 2.45) is 0 Å². The smallest absolute Gasteiger partial charge is 0.227 e. The van der Waals surface area contributed by atoms with E-state index in [1.165, 1.54) is 0 Å². The van der Waals surface area contributed by atoms with Crippen LogP contribution in [0.25, 0.3) is 11.4 Å². The molecule has 0 aliphatic heterocycles. The molecule has 0 saturated heterocycles. The van der Waals surface area contributed by atoms with E-state index in [0.717, 1.165) is 37.2 Å². The summed E-state index contributed by atoms with van der Waals surface area (Å²) in [4.78, 5) is 12.3. The van der Waals surface area contributed by atoms with E-state index in [4.69, 9.17) is 0 Å². The number of nitrogens with zero attached hydrogens (tertiary/aromatic N) is 3. The molecule has 1 amide bonds. The number of rotatable bonds is 5. The minimum Gasteiger partial charge on any atom is -0.389 e. The molecular weight excluding hydrogens is 304 g/mol. The summed E-state index contributed by atoms with van der Waals surface area (Å²) in [5, 5.41) is 21.5. The predicted octanol–water partition coefficient (Wildman–Crippen LogP) is 2.99. The molecule has 6 nitrogen and oxygen atoms in total. The number of amides is 1. The molecule has 0 spiro atoms. The quantitative estimate of drug-likeness (QED) is 0.884. The molecule has 0 atom stereocenters. The van der Waals surface area contributed by atoms with Crippen LogP contribution in [0.5, 0.6) is 0 Å². The highest BCUT2D eigenvalue weighted by molar-refractivity contribution is 5.92. The number of aliphatic hydroxyl groups is 1. The molecule has 1 fully saturated rings. The zero-order valence-corrected chi connectivity index (χ0v) is 14.0. The van der Waals surface area contributed by atoms with E-state index in [0.29, 0.717) is 18.5 Å². The fraction of sp³-hybridized carbons (Fsp3) is 0.500. The largest absolute Gasteiger partial charge is 0.389 e. The lowest BCUT2D eigenvalue weighted by atomic mass is 9.82. The molecule has 1 heterocycles. The van der Waals surface area contributed by atoms with Crippen LogP contribution < -0.4 is 5.32 Å². The van der Waals surface area contributed by atoms with E-state index in [1.54, 1.807) is 6.33 Å². The van der Waals surface area contributed by atoms with Crippen molar-refractivity contribution in [3.8, 4) is 11.4 Å². The standard InChI is InChI=1S/C18H24N4O2/c1-2-22-13-19-21-17(22)14-7-6-8-15(11-14)20-16(23)12-18(24)9-4-3-5-10-18/h6-8,11,13,24H,2-5,9-10,12H2,1H3,(H,20,23). The van der Waals surface area contributed by atoms with Gasteiger partial charge in [0, 0.05) is 17.8 Å². The van der Waals surface area contributed by atoms with Crippen molar-refractivity contribution < 1.29 is 9.90 Å². The first kappa shape index (κ1) is 16.6. The summed E-state index contributed by atoms with van der Waals surface area (Å²) in [6.07, 6.45) is 6.39. The Morgan fingerprint density at radius 3 is 2.88 bits per heavy atom. The van der Waals surface area contributed by atoms with Crippen LogP contribution >= 0.6 is 0 Å². The molecule has 2 aromatic rings. The van der Waals surface area contributed by atoms with Gasteiger partial charge in [-0.2, -0.15) is 0 Å². The van der Waals surface area contributed by atoms with Gasteiger partial charge in [0.05, 0.1) is 12.0 Å². The maximum absolute atomic E-state index is 12.3. The van der Waals surface area contributed by atoms with E-state index < -0.39 is 5.60 Å². The van der Waals surface area contributed by atoms with Crippen molar-refractivity contribution in [2.45, 2.75) is 57.6 Å². The van der Waals surface area contributed by atoms with Gasteiger partial charge in [0.25, 0.3) is 0 Å². The fourth-order valence-electron chi connectivity index (χ4n) is 3.34. The summed E-state index contributed by atoms with van der Waals surface area (Å²) in [7, 11) is 0. The van der Waals surface area contributed by atoms with Gasteiger partial charge in [-0.15, -0.1) is 10.2 Å². The highest BCUT2D eigenvalue weighted by atomic mass is 16.3. The lowest BCUT2D eigenvalue weighted by Crippen LogP contribution is -2.35. The Balaban J connectivity index is 1.69. The summed E-state index contributed by atoms with van der Waals surface area (Å²) in [6.45, 7) is 2.81. The SMILES string of the molecule is CCn1cnnc1-c1cccc(NC(=O)CC2(O)CCCCC2)c1. The average Bonchev–Trinajstić information content (AvgIpc) is 3.03. The van der Waals surface area contributed by atoms with E-state index in [1.807, 2.05) is 35.8 Å². The Bertz CT molecular complexity index is 705. The van der Waals surface area contributed by atoms with Gasteiger partial charge in [0.2, 0.25) is 5.91 Å². The zero-order chi connectivity index (χ0) is 17.0. The van der Waals surface area contributed by atoms with Gasteiger partial charge < -0.3 is 15.0 Å². The van der Waals surface area contributed by atoms with Crippen LogP contribution in [0.4, 0.5) is 5.69 Å². The molecule has 1 aliphatic rings. The third kappa shape index (κ3) is 3.82. The zero-order valence-electron chi connectivity index (χ0n) is 14.0. The first-order valence-electron chi connectivity index (χ1n) is 8.60. The molecule has 24 heavy (non-hydrogen) atoms. The molecule has 3 rings (SSSR count).